The molecule has 1 aromatic carbocycles. The monoisotopic (exact) mass is 558 g/mol. The van der Waals surface area contributed by atoms with Gasteiger partial charge in [-0.05, 0) is 36.6 Å². The Bertz CT molecular complexity index is 1490. The molecule has 4 aromatic rings. The Morgan fingerprint density at radius 3 is 2.75 bits per heavy atom. The molecule has 2 saturated heterocycles. The normalized spacial score (nSPS) is 22.3. The van der Waals surface area contributed by atoms with Crippen molar-refractivity contribution in [2.75, 3.05) is 52.1 Å². The van der Waals surface area contributed by atoms with E-state index < -0.39 is 31.1 Å². The second kappa shape index (κ2) is 10.8. The number of methoxy groups -OCH3 is 1. The molecule has 3 aromatic heterocycles. The van der Waals surface area contributed by atoms with E-state index in [4.69, 9.17) is 9.47 Å². The standard InChI is InChI=1S/C27H33F3N8O2/c1-3-8-27(30)16-36(19-14-40-15-19)9-7-23(27)31-26-32-25(39-2)24-20(6-10-37(24)34-26)17-4-5-21-22(11-17)38(35-33-21)18(12-28)13-29/h4-6,10-11,18-19,23H,3,7-9,12-16H2,1-2H3,(H,31,34)/t23-,27?/m1/s1. The molecule has 0 saturated carbocycles. The molecular formula is C27H33F3N8O2. The second-order valence-corrected chi connectivity index (χ2v) is 10.6. The Kier molecular flexibility index (Phi) is 7.26. The summed E-state index contributed by atoms with van der Waals surface area (Å²) in [5.41, 5.74) is 1.75. The first-order valence-corrected chi connectivity index (χ1v) is 13.7. The number of hydrogen-bond donors (Lipinski definition) is 1. The van der Waals surface area contributed by atoms with Crippen LogP contribution in [0.1, 0.15) is 32.2 Å². The van der Waals surface area contributed by atoms with Crippen LogP contribution in [0.3, 0.4) is 0 Å². The number of ether oxygens (including phenoxy) is 2. The van der Waals surface area contributed by atoms with Gasteiger partial charge in [-0.2, -0.15) is 4.98 Å². The third-order valence-electron chi connectivity index (χ3n) is 8.06. The number of nitrogens with one attached hydrogen (secondary N) is 1. The van der Waals surface area contributed by atoms with Crippen LogP contribution < -0.4 is 10.1 Å². The maximum atomic E-state index is 16.4. The van der Waals surface area contributed by atoms with Crippen molar-refractivity contribution in [1.82, 2.24) is 34.5 Å². The van der Waals surface area contributed by atoms with Gasteiger partial charge in [-0.25, -0.2) is 22.4 Å². The van der Waals surface area contributed by atoms with E-state index in [1.165, 1.54) is 11.8 Å². The summed E-state index contributed by atoms with van der Waals surface area (Å²) in [5, 5.41) is 15.9. The Morgan fingerprint density at radius 1 is 1.23 bits per heavy atom. The predicted octanol–water partition coefficient (Wildman–Crippen LogP) is 4.02. The van der Waals surface area contributed by atoms with Crippen LogP contribution in [0.15, 0.2) is 30.5 Å². The van der Waals surface area contributed by atoms with Crippen LogP contribution in [0.5, 0.6) is 5.88 Å². The minimum atomic E-state index is -1.43. The lowest BCUT2D eigenvalue weighted by atomic mass is 9.84. The zero-order valence-corrected chi connectivity index (χ0v) is 22.6. The lowest BCUT2D eigenvalue weighted by molar-refractivity contribution is -0.0968. The number of nitrogens with zero attached hydrogens (tertiary/aromatic N) is 7. The van der Waals surface area contributed by atoms with E-state index in [0.29, 0.717) is 55.0 Å². The summed E-state index contributed by atoms with van der Waals surface area (Å²) in [5.74, 6) is 0.597. The molecule has 13 heteroatoms. The largest absolute Gasteiger partial charge is 0.479 e. The van der Waals surface area contributed by atoms with Crippen LogP contribution >= 0.6 is 0 Å². The first kappa shape index (κ1) is 26.8. The van der Waals surface area contributed by atoms with Crippen molar-refractivity contribution in [3.63, 3.8) is 0 Å². The highest BCUT2D eigenvalue weighted by atomic mass is 19.1. The van der Waals surface area contributed by atoms with E-state index in [9.17, 15) is 8.78 Å². The SMILES string of the molecule is CCCC1(F)CN(C2COC2)CC[C@H]1Nc1nc(OC)c2c(-c3ccc4nnn(C(CF)CF)c4c3)ccn2n1. The number of piperidine rings is 1. The maximum Gasteiger partial charge on any atom is 0.244 e. The van der Waals surface area contributed by atoms with Gasteiger partial charge in [0.25, 0.3) is 0 Å². The van der Waals surface area contributed by atoms with Crippen LogP contribution in [0.4, 0.5) is 19.1 Å². The Hall–Kier alpha value is -3.45. The fourth-order valence-corrected chi connectivity index (χ4v) is 5.83. The van der Waals surface area contributed by atoms with Crippen molar-refractivity contribution in [2.24, 2.45) is 0 Å². The van der Waals surface area contributed by atoms with E-state index in [1.54, 1.807) is 22.8 Å². The van der Waals surface area contributed by atoms with Gasteiger partial charge in [-0.3, -0.25) is 4.90 Å². The number of aromatic nitrogens is 6. The molecule has 6 rings (SSSR count). The molecule has 0 aliphatic carbocycles. The second-order valence-electron chi connectivity index (χ2n) is 10.6. The summed E-state index contributed by atoms with van der Waals surface area (Å²) in [6, 6.07) is 6.06. The molecular weight excluding hydrogens is 525 g/mol. The fraction of sp³-hybridized carbons (Fsp3) is 0.556. The quantitative estimate of drug-likeness (QED) is 0.312. The zero-order chi connectivity index (χ0) is 27.9. The average molecular weight is 559 g/mol. The van der Waals surface area contributed by atoms with Gasteiger partial charge in [-0.15, -0.1) is 10.2 Å². The van der Waals surface area contributed by atoms with Gasteiger partial charge in [0.1, 0.15) is 36.1 Å². The van der Waals surface area contributed by atoms with E-state index in [1.807, 2.05) is 19.1 Å². The molecule has 2 atom stereocenters. The average Bonchev–Trinajstić information content (AvgIpc) is 3.54. The van der Waals surface area contributed by atoms with E-state index in [0.717, 1.165) is 24.1 Å². The number of hydrogen-bond acceptors (Lipinski definition) is 8. The Labute approximate surface area is 229 Å². The first-order valence-electron chi connectivity index (χ1n) is 13.7. The van der Waals surface area contributed by atoms with Crippen LogP contribution in [0.2, 0.25) is 0 Å². The number of halogens is 3. The third kappa shape index (κ3) is 4.64. The zero-order valence-electron chi connectivity index (χ0n) is 22.6. The Balaban J connectivity index is 1.31. The van der Waals surface area contributed by atoms with E-state index in [2.05, 4.69) is 30.6 Å². The van der Waals surface area contributed by atoms with Crippen LogP contribution in [0, 0.1) is 0 Å². The number of anilines is 1. The highest BCUT2D eigenvalue weighted by Crippen LogP contribution is 2.36. The minimum Gasteiger partial charge on any atom is -0.479 e. The molecule has 40 heavy (non-hydrogen) atoms. The molecule has 214 valence electrons. The molecule has 0 radical (unpaired) electrons. The van der Waals surface area contributed by atoms with Crippen molar-refractivity contribution in [2.45, 2.75) is 50.0 Å². The lowest BCUT2D eigenvalue weighted by Gasteiger charge is -2.48. The van der Waals surface area contributed by atoms with Gasteiger partial charge in [0.05, 0.1) is 37.9 Å². The summed E-state index contributed by atoms with van der Waals surface area (Å²) in [6.45, 7) is 2.65. The molecule has 2 aliphatic heterocycles. The lowest BCUT2D eigenvalue weighted by Crippen LogP contribution is -2.62. The first-order chi connectivity index (χ1) is 19.5. The topological polar surface area (TPSA) is 94.6 Å². The highest BCUT2D eigenvalue weighted by molar-refractivity contribution is 5.89. The smallest absolute Gasteiger partial charge is 0.244 e. The van der Waals surface area contributed by atoms with Crippen molar-refractivity contribution >= 4 is 22.5 Å². The van der Waals surface area contributed by atoms with Crippen molar-refractivity contribution < 1.29 is 22.6 Å². The fourth-order valence-electron chi connectivity index (χ4n) is 5.83. The third-order valence-corrected chi connectivity index (χ3v) is 8.06. The van der Waals surface area contributed by atoms with Gasteiger partial charge in [0.2, 0.25) is 11.8 Å². The van der Waals surface area contributed by atoms with Crippen molar-refractivity contribution in [3.8, 4) is 17.0 Å². The van der Waals surface area contributed by atoms with Crippen LogP contribution in [0.25, 0.3) is 27.7 Å². The molecule has 5 heterocycles. The highest BCUT2D eigenvalue weighted by Gasteiger charge is 2.46. The molecule has 1 unspecified atom stereocenters. The van der Waals surface area contributed by atoms with E-state index >= 15 is 4.39 Å². The molecule has 10 nitrogen and oxygen atoms in total. The van der Waals surface area contributed by atoms with Crippen molar-refractivity contribution in [1.29, 1.82) is 0 Å². The van der Waals surface area contributed by atoms with Crippen LogP contribution in [-0.2, 0) is 4.74 Å². The van der Waals surface area contributed by atoms with Gasteiger partial charge >= 0.3 is 0 Å². The number of alkyl halides is 3. The number of rotatable bonds is 10. The minimum absolute atomic E-state index is 0.279. The Morgan fingerprint density at radius 2 is 2.05 bits per heavy atom. The predicted molar refractivity (Wildman–Crippen MR) is 144 cm³/mol. The molecule has 2 aliphatic rings. The number of likely N-dealkylation sites (tertiary alicyclic amines) is 1. The molecule has 0 amide bonds. The molecule has 1 N–H and O–H groups in total. The van der Waals surface area contributed by atoms with Gasteiger partial charge in [0, 0.05) is 24.8 Å². The summed E-state index contributed by atoms with van der Waals surface area (Å²) < 4.78 is 57.1. The van der Waals surface area contributed by atoms with E-state index in [-0.39, 0.29) is 12.0 Å². The van der Waals surface area contributed by atoms with Gasteiger partial charge < -0.3 is 14.8 Å². The summed E-state index contributed by atoms with van der Waals surface area (Å²) >= 11 is 0. The molecule has 0 spiro atoms. The molecule has 0 bridgehead atoms. The summed E-state index contributed by atoms with van der Waals surface area (Å²) in [7, 11) is 1.52. The summed E-state index contributed by atoms with van der Waals surface area (Å²) in [6.07, 6.45) is 3.55. The number of benzene rings is 1. The molecule has 2 fully saturated rings. The van der Waals surface area contributed by atoms with Crippen molar-refractivity contribution in [3.05, 3.63) is 30.5 Å². The maximum absolute atomic E-state index is 16.4. The van der Waals surface area contributed by atoms with Gasteiger partial charge in [0.15, 0.2) is 0 Å². The summed E-state index contributed by atoms with van der Waals surface area (Å²) in [4.78, 5) is 6.81. The number of fused-ring (bicyclic) bond motifs is 2. The van der Waals surface area contributed by atoms with Gasteiger partial charge in [-0.1, -0.05) is 24.6 Å². The van der Waals surface area contributed by atoms with Crippen LogP contribution in [-0.4, -0.2) is 99.0 Å².